The Morgan fingerprint density at radius 1 is 1.25 bits per heavy atom. The number of nitrogens with one attached hydrogen (secondary N) is 1. The quantitative estimate of drug-likeness (QED) is 0.731. The predicted molar refractivity (Wildman–Crippen MR) is 83.3 cm³/mol. The molecule has 108 valence electrons. The van der Waals surface area contributed by atoms with E-state index in [-0.39, 0.29) is 0 Å². The molecule has 1 aromatic heterocycles. The van der Waals surface area contributed by atoms with E-state index in [4.69, 9.17) is 9.15 Å². The molecule has 0 unspecified atom stereocenters. The third-order valence-electron chi connectivity index (χ3n) is 2.97. The number of furan rings is 1. The summed E-state index contributed by atoms with van der Waals surface area (Å²) >= 11 is 3.46. The second-order valence-electron chi connectivity index (χ2n) is 4.67. The summed E-state index contributed by atoms with van der Waals surface area (Å²) in [7, 11) is 0. The molecule has 3 nitrogen and oxygen atoms in total. The number of ether oxygens (including phenoxy) is 1. The molecule has 1 heterocycles. The van der Waals surface area contributed by atoms with Gasteiger partial charge < -0.3 is 14.5 Å². The molecule has 0 aliphatic heterocycles. The average Bonchev–Trinajstić information content (AvgIpc) is 2.87. The van der Waals surface area contributed by atoms with Gasteiger partial charge in [-0.25, -0.2) is 0 Å². The van der Waals surface area contributed by atoms with Crippen molar-refractivity contribution in [2.75, 3.05) is 6.54 Å². The minimum absolute atomic E-state index is 0.503. The van der Waals surface area contributed by atoms with E-state index in [1.54, 1.807) is 6.26 Å². The highest BCUT2D eigenvalue weighted by atomic mass is 79.9. The number of halogens is 1. The minimum atomic E-state index is 0.503. The van der Waals surface area contributed by atoms with Crippen molar-refractivity contribution in [3.8, 4) is 0 Å². The first-order valence-corrected chi connectivity index (χ1v) is 7.67. The van der Waals surface area contributed by atoms with Gasteiger partial charge in [0.15, 0.2) is 0 Å². The van der Waals surface area contributed by atoms with Crippen LogP contribution in [-0.4, -0.2) is 6.54 Å². The molecule has 1 N–H and O–H groups in total. The third kappa shape index (κ3) is 4.78. The largest absolute Gasteiger partial charge is 0.467 e. The van der Waals surface area contributed by atoms with Gasteiger partial charge in [0.1, 0.15) is 12.4 Å². The first-order valence-electron chi connectivity index (χ1n) is 6.87. The lowest BCUT2D eigenvalue weighted by atomic mass is 10.2. The van der Waals surface area contributed by atoms with E-state index < -0.39 is 0 Å². The van der Waals surface area contributed by atoms with Gasteiger partial charge >= 0.3 is 0 Å². The van der Waals surface area contributed by atoms with Gasteiger partial charge in [0, 0.05) is 16.6 Å². The van der Waals surface area contributed by atoms with Crippen molar-refractivity contribution in [2.24, 2.45) is 0 Å². The highest BCUT2D eigenvalue weighted by molar-refractivity contribution is 9.10. The second kappa shape index (κ2) is 8.25. The van der Waals surface area contributed by atoms with E-state index in [2.05, 4.69) is 40.3 Å². The molecule has 0 aliphatic rings. The number of hydrogen-bond acceptors (Lipinski definition) is 3. The van der Waals surface area contributed by atoms with E-state index in [1.807, 2.05) is 18.2 Å². The van der Waals surface area contributed by atoms with E-state index >= 15 is 0 Å². The Labute approximate surface area is 128 Å². The summed E-state index contributed by atoms with van der Waals surface area (Å²) in [5.74, 6) is 0.906. The van der Waals surface area contributed by atoms with Crippen LogP contribution in [0.1, 0.15) is 30.2 Å². The summed E-state index contributed by atoms with van der Waals surface area (Å²) in [5.41, 5.74) is 2.32. The molecule has 0 radical (unpaired) electrons. The zero-order valence-corrected chi connectivity index (χ0v) is 13.3. The van der Waals surface area contributed by atoms with Crippen LogP contribution in [0.25, 0.3) is 0 Å². The van der Waals surface area contributed by atoms with Crippen LogP contribution in [0.5, 0.6) is 0 Å². The maximum atomic E-state index is 5.72. The fraction of sp³-hybridized carbons (Fsp3) is 0.375. The van der Waals surface area contributed by atoms with Crippen molar-refractivity contribution in [1.29, 1.82) is 0 Å². The van der Waals surface area contributed by atoms with Crippen LogP contribution in [0.15, 0.2) is 45.5 Å². The van der Waals surface area contributed by atoms with E-state index in [0.29, 0.717) is 13.2 Å². The summed E-state index contributed by atoms with van der Waals surface area (Å²) < 4.78 is 12.3. The first-order chi connectivity index (χ1) is 9.79. The molecule has 2 rings (SSSR count). The maximum Gasteiger partial charge on any atom is 0.133 e. The van der Waals surface area contributed by atoms with Crippen LogP contribution < -0.4 is 5.32 Å². The Bertz CT molecular complexity index is 525. The third-order valence-corrected chi connectivity index (χ3v) is 3.46. The van der Waals surface area contributed by atoms with Crippen molar-refractivity contribution < 1.29 is 9.15 Å². The van der Waals surface area contributed by atoms with Crippen LogP contribution in [0, 0.1) is 0 Å². The summed E-state index contributed by atoms with van der Waals surface area (Å²) in [5, 5.41) is 3.37. The maximum absolute atomic E-state index is 5.72. The Morgan fingerprint density at radius 3 is 2.95 bits per heavy atom. The lowest BCUT2D eigenvalue weighted by Crippen LogP contribution is -2.14. The van der Waals surface area contributed by atoms with Gasteiger partial charge in [-0.15, -0.1) is 0 Å². The first kappa shape index (κ1) is 15.3. The Morgan fingerprint density at radius 2 is 2.15 bits per heavy atom. The lowest BCUT2D eigenvalue weighted by Gasteiger charge is -2.06. The van der Waals surface area contributed by atoms with Gasteiger partial charge in [-0.3, -0.25) is 0 Å². The van der Waals surface area contributed by atoms with E-state index in [1.165, 1.54) is 5.56 Å². The van der Waals surface area contributed by atoms with E-state index in [0.717, 1.165) is 35.3 Å². The molecule has 1 aromatic carbocycles. The van der Waals surface area contributed by atoms with Crippen molar-refractivity contribution in [1.82, 2.24) is 5.32 Å². The zero-order chi connectivity index (χ0) is 14.2. The molecule has 0 saturated heterocycles. The average molecular weight is 338 g/mol. The molecule has 0 fully saturated rings. The highest BCUT2D eigenvalue weighted by Crippen LogP contribution is 2.15. The monoisotopic (exact) mass is 337 g/mol. The molecule has 20 heavy (non-hydrogen) atoms. The molecular formula is C16H20BrNO2. The molecule has 0 atom stereocenters. The predicted octanol–water partition coefficient (Wildman–Crippen LogP) is 4.26. The SMILES string of the molecule is CCCNCc1ccoc1COCc1cccc(Br)c1. The standard InChI is InChI=1S/C16H20BrNO2/c1-2-7-18-10-14-6-8-20-16(14)12-19-11-13-4-3-5-15(17)9-13/h3-6,8-9,18H,2,7,10-12H2,1H3. The van der Waals surface area contributed by atoms with E-state index in [9.17, 15) is 0 Å². The van der Waals surface area contributed by atoms with Crippen LogP contribution in [0.2, 0.25) is 0 Å². The van der Waals surface area contributed by atoms with Crippen molar-refractivity contribution >= 4 is 15.9 Å². The van der Waals surface area contributed by atoms with Gasteiger partial charge in [-0.2, -0.15) is 0 Å². The highest BCUT2D eigenvalue weighted by Gasteiger charge is 2.06. The zero-order valence-electron chi connectivity index (χ0n) is 11.7. The Hall–Kier alpha value is -1.10. The minimum Gasteiger partial charge on any atom is -0.467 e. The molecule has 2 aromatic rings. The smallest absolute Gasteiger partial charge is 0.133 e. The normalized spacial score (nSPS) is 10.9. The number of rotatable bonds is 8. The molecule has 0 aliphatic carbocycles. The molecule has 0 amide bonds. The number of benzene rings is 1. The van der Waals surface area contributed by atoms with Crippen LogP contribution in [0.4, 0.5) is 0 Å². The van der Waals surface area contributed by atoms with Gasteiger partial charge in [0.2, 0.25) is 0 Å². The molecular weight excluding hydrogens is 318 g/mol. The lowest BCUT2D eigenvalue weighted by molar-refractivity contribution is 0.0921. The van der Waals surface area contributed by atoms with Gasteiger partial charge in [0.05, 0.1) is 12.9 Å². The molecule has 0 bridgehead atoms. The molecule has 0 spiro atoms. The van der Waals surface area contributed by atoms with Gasteiger partial charge in [-0.05, 0) is 36.7 Å². The van der Waals surface area contributed by atoms with Gasteiger partial charge in [-0.1, -0.05) is 35.0 Å². The summed E-state index contributed by atoms with van der Waals surface area (Å²) in [6.45, 7) is 5.10. The van der Waals surface area contributed by atoms with Crippen LogP contribution in [0.3, 0.4) is 0 Å². The molecule has 4 heteroatoms. The number of hydrogen-bond donors (Lipinski definition) is 1. The summed E-state index contributed by atoms with van der Waals surface area (Å²) in [4.78, 5) is 0. The second-order valence-corrected chi connectivity index (χ2v) is 5.58. The molecule has 0 saturated carbocycles. The fourth-order valence-corrected chi connectivity index (χ4v) is 2.39. The van der Waals surface area contributed by atoms with Crippen molar-refractivity contribution in [3.63, 3.8) is 0 Å². The van der Waals surface area contributed by atoms with Crippen molar-refractivity contribution in [2.45, 2.75) is 33.1 Å². The van der Waals surface area contributed by atoms with Crippen LogP contribution in [-0.2, 0) is 24.5 Å². The fourth-order valence-electron chi connectivity index (χ4n) is 1.94. The van der Waals surface area contributed by atoms with Crippen LogP contribution >= 0.6 is 15.9 Å². The summed E-state index contributed by atoms with van der Waals surface area (Å²) in [6, 6.07) is 10.1. The topological polar surface area (TPSA) is 34.4 Å². The van der Waals surface area contributed by atoms with Crippen molar-refractivity contribution in [3.05, 3.63) is 58.0 Å². The Balaban J connectivity index is 1.80. The van der Waals surface area contributed by atoms with Gasteiger partial charge in [0.25, 0.3) is 0 Å². The Kier molecular flexibility index (Phi) is 6.30. The summed E-state index contributed by atoms with van der Waals surface area (Å²) in [6.07, 6.45) is 2.85.